The van der Waals surface area contributed by atoms with Crippen molar-refractivity contribution in [1.82, 2.24) is 0 Å². The van der Waals surface area contributed by atoms with Crippen LogP contribution in [0.3, 0.4) is 0 Å². The molecule has 0 aliphatic heterocycles. The highest BCUT2D eigenvalue weighted by atomic mass is 79.9. The van der Waals surface area contributed by atoms with E-state index >= 15 is 0 Å². The Morgan fingerprint density at radius 2 is 1.56 bits per heavy atom. The van der Waals surface area contributed by atoms with E-state index in [0.29, 0.717) is 17.9 Å². The molecule has 1 unspecified atom stereocenters. The summed E-state index contributed by atoms with van der Waals surface area (Å²) in [5, 5.41) is 8.37. The number of ether oxygens (including phenoxy) is 2. The Morgan fingerprint density at radius 3 is 2.08 bits per heavy atom. The number of azo groups is 1. The van der Waals surface area contributed by atoms with Gasteiger partial charge in [0.25, 0.3) is 0 Å². The Kier molecular flexibility index (Phi) is 7.60. The second-order valence-electron chi connectivity index (χ2n) is 5.28. The minimum absolute atomic E-state index is 0.0166. The van der Waals surface area contributed by atoms with Gasteiger partial charge >= 0.3 is 5.97 Å². The standard InChI is InChI=1S/C19H21BrN2O3/c1-3-5-18(20)25-17-12-10-16(11-13-17)22-21-15-8-6-14(7-9-15)19(23)24-4-2/h6-13,18H,3-5H2,1-2H3. The molecule has 0 saturated heterocycles. The lowest BCUT2D eigenvalue weighted by atomic mass is 10.2. The topological polar surface area (TPSA) is 60.2 Å². The van der Waals surface area contributed by atoms with Gasteiger partial charge in [-0.2, -0.15) is 10.2 Å². The van der Waals surface area contributed by atoms with Gasteiger partial charge in [0.15, 0.2) is 5.01 Å². The van der Waals surface area contributed by atoms with E-state index in [9.17, 15) is 4.79 Å². The van der Waals surface area contributed by atoms with Crippen LogP contribution in [0.2, 0.25) is 0 Å². The van der Waals surface area contributed by atoms with Crippen LogP contribution in [0.4, 0.5) is 11.4 Å². The molecule has 6 heteroatoms. The molecule has 0 bridgehead atoms. The van der Waals surface area contributed by atoms with Gasteiger partial charge in [0.05, 0.1) is 23.5 Å². The molecule has 0 spiro atoms. The molecule has 2 aromatic carbocycles. The molecule has 0 aliphatic rings. The smallest absolute Gasteiger partial charge is 0.338 e. The Bertz CT molecular complexity index is 700. The first-order chi connectivity index (χ1) is 12.1. The summed E-state index contributed by atoms with van der Waals surface area (Å²) in [4.78, 5) is 11.6. The lowest BCUT2D eigenvalue weighted by Gasteiger charge is -2.11. The number of nitrogens with zero attached hydrogens (tertiary/aromatic N) is 2. The fraction of sp³-hybridized carbons (Fsp3) is 0.316. The summed E-state index contributed by atoms with van der Waals surface area (Å²) in [6, 6.07) is 14.2. The Balaban J connectivity index is 1.96. The van der Waals surface area contributed by atoms with E-state index in [1.54, 1.807) is 31.2 Å². The van der Waals surface area contributed by atoms with E-state index in [4.69, 9.17) is 9.47 Å². The molecule has 0 N–H and O–H groups in total. The summed E-state index contributed by atoms with van der Waals surface area (Å²) < 4.78 is 10.7. The molecule has 0 fully saturated rings. The number of benzene rings is 2. The highest BCUT2D eigenvalue weighted by Crippen LogP contribution is 2.23. The maximum Gasteiger partial charge on any atom is 0.338 e. The minimum Gasteiger partial charge on any atom is -0.479 e. The maximum absolute atomic E-state index is 11.6. The van der Waals surface area contributed by atoms with Crippen LogP contribution >= 0.6 is 15.9 Å². The second-order valence-corrected chi connectivity index (χ2v) is 6.30. The zero-order chi connectivity index (χ0) is 18.1. The van der Waals surface area contributed by atoms with E-state index in [1.165, 1.54) is 0 Å². The van der Waals surface area contributed by atoms with Crippen molar-refractivity contribution in [2.75, 3.05) is 6.61 Å². The highest BCUT2D eigenvalue weighted by Gasteiger charge is 2.06. The fourth-order valence-electron chi connectivity index (χ4n) is 2.02. The van der Waals surface area contributed by atoms with E-state index < -0.39 is 0 Å². The van der Waals surface area contributed by atoms with Gasteiger partial charge in [-0.25, -0.2) is 4.79 Å². The molecule has 1 atom stereocenters. The van der Waals surface area contributed by atoms with Crippen LogP contribution in [-0.4, -0.2) is 17.6 Å². The van der Waals surface area contributed by atoms with Gasteiger partial charge in [-0.1, -0.05) is 13.3 Å². The van der Waals surface area contributed by atoms with Crippen molar-refractivity contribution < 1.29 is 14.3 Å². The molecule has 2 aromatic rings. The normalized spacial score (nSPS) is 12.1. The van der Waals surface area contributed by atoms with Gasteiger partial charge in [0.2, 0.25) is 0 Å². The predicted octanol–water partition coefficient (Wildman–Crippen LogP) is 6.18. The largest absolute Gasteiger partial charge is 0.479 e. The maximum atomic E-state index is 11.6. The summed E-state index contributed by atoms with van der Waals surface area (Å²) >= 11 is 3.48. The number of halogens is 1. The summed E-state index contributed by atoms with van der Waals surface area (Å²) in [5.74, 6) is 0.447. The summed E-state index contributed by atoms with van der Waals surface area (Å²) in [7, 11) is 0. The Morgan fingerprint density at radius 1 is 1.00 bits per heavy atom. The number of esters is 1. The van der Waals surface area contributed by atoms with Gasteiger partial charge in [0.1, 0.15) is 5.75 Å². The molecule has 0 aromatic heterocycles. The minimum atomic E-state index is -0.338. The summed E-state index contributed by atoms with van der Waals surface area (Å²) in [6.07, 6.45) is 2.00. The van der Waals surface area contributed by atoms with Crippen molar-refractivity contribution in [3.05, 3.63) is 54.1 Å². The average molecular weight is 405 g/mol. The van der Waals surface area contributed by atoms with Gasteiger partial charge < -0.3 is 9.47 Å². The molecule has 0 saturated carbocycles. The third kappa shape index (κ3) is 6.31. The molecular formula is C19H21BrN2O3. The molecule has 0 radical (unpaired) electrons. The SMILES string of the molecule is CCCC(Br)Oc1ccc(N=Nc2ccc(C(=O)OCC)cc2)cc1. The molecule has 5 nitrogen and oxygen atoms in total. The molecule has 2 rings (SSSR count). The van der Waals surface area contributed by atoms with Crippen molar-refractivity contribution in [2.45, 2.75) is 31.7 Å². The average Bonchev–Trinajstić information content (AvgIpc) is 2.62. The lowest BCUT2D eigenvalue weighted by molar-refractivity contribution is 0.0526. The number of hydrogen-bond acceptors (Lipinski definition) is 5. The molecule has 0 heterocycles. The zero-order valence-corrected chi connectivity index (χ0v) is 15.9. The first-order valence-corrected chi connectivity index (χ1v) is 9.13. The van der Waals surface area contributed by atoms with Gasteiger partial charge in [-0.05, 0) is 77.8 Å². The van der Waals surface area contributed by atoms with Crippen LogP contribution < -0.4 is 4.74 Å². The van der Waals surface area contributed by atoms with Gasteiger partial charge in [-0.15, -0.1) is 0 Å². The first-order valence-electron chi connectivity index (χ1n) is 8.22. The van der Waals surface area contributed by atoms with Crippen molar-refractivity contribution in [2.24, 2.45) is 10.2 Å². The van der Waals surface area contributed by atoms with Crippen LogP contribution in [0.25, 0.3) is 0 Å². The number of hydrogen-bond donors (Lipinski definition) is 0. The van der Waals surface area contributed by atoms with E-state index in [1.807, 2.05) is 24.3 Å². The van der Waals surface area contributed by atoms with E-state index in [2.05, 4.69) is 33.1 Å². The van der Waals surface area contributed by atoms with Gasteiger partial charge in [-0.3, -0.25) is 0 Å². The molecule has 132 valence electrons. The second kappa shape index (κ2) is 9.93. The third-order valence-corrected chi connectivity index (χ3v) is 3.92. The van der Waals surface area contributed by atoms with Crippen LogP contribution in [0.5, 0.6) is 5.75 Å². The van der Waals surface area contributed by atoms with Crippen molar-refractivity contribution in [1.29, 1.82) is 0 Å². The Hall–Kier alpha value is -2.21. The molecule has 0 aliphatic carbocycles. The molecule has 25 heavy (non-hydrogen) atoms. The molecular weight excluding hydrogens is 384 g/mol. The zero-order valence-electron chi connectivity index (χ0n) is 14.3. The third-order valence-electron chi connectivity index (χ3n) is 3.28. The predicted molar refractivity (Wildman–Crippen MR) is 101 cm³/mol. The fourth-order valence-corrected chi connectivity index (χ4v) is 2.69. The quantitative estimate of drug-likeness (QED) is 0.299. The number of carbonyl (C=O) groups is 1. The van der Waals surface area contributed by atoms with Crippen LogP contribution in [0.1, 0.15) is 37.0 Å². The van der Waals surface area contributed by atoms with Gasteiger partial charge in [0, 0.05) is 0 Å². The number of carbonyl (C=O) groups excluding carboxylic acids is 1. The number of rotatable bonds is 8. The van der Waals surface area contributed by atoms with E-state index in [-0.39, 0.29) is 11.0 Å². The summed E-state index contributed by atoms with van der Waals surface area (Å²) in [6.45, 7) is 4.24. The van der Waals surface area contributed by atoms with E-state index in [0.717, 1.165) is 24.3 Å². The highest BCUT2D eigenvalue weighted by molar-refractivity contribution is 9.09. The Labute approximate surface area is 156 Å². The van der Waals surface area contributed by atoms with Crippen molar-refractivity contribution in [3.8, 4) is 5.75 Å². The lowest BCUT2D eigenvalue weighted by Crippen LogP contribution is -2.06. The van der Waals surface area contributed by atoms with Crippen LogP contribution in [0, 0.1) is 0 Å². The van der Waals surface area contributed by atoms with Crippen LogP contribution in [-0.2, 0) is 4.74 Å². The van der Waals surface area contributed by atoms with Crippen LogP contribution in [0.15, 0.2) is 58.8 Å². The monoisotopic (exact) mass is 404 g/mol. The van der Waals surface area contributed by atoms with Crippen molar-refractivity contribution in [3.63, 3.8) is 0 Å². The molecule has 0 amide bonds. The van der Waals surface area contributed by atoms with Crippen molar-refractivity contribution >= 4 is 33.3 Å². The first kappa shape index (κ1) is 19.1. The summed E-state index contributed by atoms with van der Waals surface area (Å²) in [5.41, 5.74) is 1.89. The number of alkyl halides is 1.